The largest absolute Gasteiger partial charge is 0.350 e. The SMILES string of the molecule is Cc1nc(-c2c(C)c(C)nn(C)c2=O)sc1C(=O)NCCN. The smallest absolute Gasteiger partial charge is 0.277 e. The van der Waals surface area contributed by atoms with E-state index in [-0.39, 0.29) is 11.5 Å². The molecular formula is C14H19N5O2S. The molecule has 0 spiro atoms. The van der Waals surface area contributed by atoms with Crippen LogP contribution in [0, 0.1) is 20.8 Å². The molecule has 3 N–H and O–H groups in total. The number of carbonyl (C=O) groups excluding carboxylic acids is 1. The molecule has 8 heteroatoms. The highest BCUT2D eigenvalue weighted by atomic mass is 32.1. The summed E-state index contributed by atoms with van der Waals surface area (Å²) in [6.45, 7) is 6.21. The Balaban J connectivity index is 2.53. The Labute approximate surface area is 132 Å². The summed E-state index contributed by atoms with van der Waals surface area (Å²) in [7, 11) is 1.60. The van der Waals surface area contributed by atoms with Gasteiger partial charge in [0.1, 0.15) is 9.88 Å². The molecule has 0 aromatic carbocycles. The molecule has 0 radical (unpaired) electrons. The summed E-state index contributed by atoms with van der Waals surface area (Å²) in [5.74, 6) is -0.216. The first-order chi connectivity index (χ1) is 10.4. The minimum Gasteiger partial charge on any atom is -0.350 e. The van der Waals surface area contributed by atoms with Gasteiger partial charge in [0.2, 0.25) is 0 Å². The van der Waals surface area contributed by atoms with E-state index in [0.29, 0.717) is 34.2 Å². The number of nitrogens with two attached hydrogens (primary N) is 1. The number of nitrogens with zero attached hydrogens (tertiary/aromatic N) is 3. The fourth-order valence-electron chi connectivity index (χ4n) is 2.08. The molecule has 118 valence electrons. The molecule has 2 rings (SSSR count). The zero-order valence-corrected chi connectivity index (χ0v) is 13.9. The van der Waals surface area contributed by atoms with Gasteiger partial charge < -0.3 is 11.1 Å². The maximum atomic E-state index is 12.4. The highest BCUT2D eigenvalue weighted by Gasteiger charge is 2.20. The summed E-state index contributed by atoms with van der Waals surface area (Å²) >= 11 is 1.21. The van der Waals surface area contributed by atoms with Gasteiger partial charge in [0.05, 0.1) is 17.0 Å². The van der Waals surface area contributed by atoms with Crippen LogP contribution in [0.2, 0.25) is 0 Å². The zero-order valence-electron chi connectivity index (χ0n) is 13.1. The van der Waals surface area contributed by atoms with Crippen molar-refractivity contribution >= 4 is 17.2 Å². The molecule has 0 atom stereocenters. The Morgan fingerprint density at radius 1 is 1.32 bits per heavy atom. The number of rotatable bonds is 4. The number of nitrogens with one attached hydrogen (secondary N) is 1. The highest BCUT2D eigenvalue weighted by Crippen LogP contribution is 2.28. The van der Waals surface area contributed by atoms with Crippen LogP contribution in [0.3, 0.4) is 0 Å². The normalized spacial score (nSPS) is 10.8. The summed E-state index contributed by atoms with van der Waals surface area (Å²) in [5, 5.41) is 7.41. The number of hydrogen-bond acceptors (Lipinski definition) is 6. The summed E-state index contributed by atoms with van der Waals surface area (Å²) in [6, 6.07) is 0. The summed E-state index contributed by atoms with van der Waals surface area (Å²) < 4.78 is 1.29. The van der Waals surface area contributed by atoms with Crippen LogP contribution < -0.4 is 16.6 Å². The molecule has 2 heterocycles. The van der Waals surface area contributed by atoms with Gasteiger partial charge in [-0.25, -0.2) is 9.67 Å². The minimum absolute atomic E-state index is 0.216. The molecule has 0 aliphatic rings. The van der Waals surface area contributed by atoms with Crippen LogP contribution in [0.25, 0.3) is 10.6 Å². The molecule has 0 fully saturated rings. The van der Waals surface area contributed by atoms with Crippen LogP contribution in [-0.4, -0.2) is 33.8 Å². The van der Waals surface area contributed by atoms with Gasteiger partial charge in [-0.05, 0) is 26.3 Å². The lowest BCUT2D eigenvalue weighted by Crippen LogP contribution is -2.28. The number of aromatic nitrogens is 3. The van der Waals surface area contributed by atoms with Crippen molar-refractivity contribution < 1.29 is 4.79 Å². The van der Waals surface area contributed by atoms with E-state index in [1.807, 2.05) is 13.8 Å². The fraction of sp³-hybridized carbons (Fsp3) is 0.429. The monoisotopic (exact) mass is 321 g/mol. The lowest BCUT2D eigenvalue weighted by atomic mass is 10.1. The molecule has 22 heavy (non-hydrogen) atoms. The first-order valence-corrected chi connectivity index (χ1v) is 7.69. The van der Waals surface area contributed by atoms with Gasteiger partial charge in [-0.1, -0.05) is 0 Å². The van der Waals surface area contributed by atoms with Crippen molar-refractivity contribution in [1.29, 1.82) is 0 Å². The molecular weight excluding hydrogens is 302 g/mol. The van der Waals surface area contributed by atoms with Gasteiger partial charge in [-0.2, -0.15) is 5.10 Å². The molecule has 0 aliphatic carbocycles. The average Bonchev–Trinajstić information content (AvgIpc) is 2.84. The van der Waals surface area contributed by atoms with Gasteiger partial charge in [0.15, 0.2) is 0 Å². The quantitative estimate of drug-likeness (QED) is 0.854. The van der Waals surface area contributed by atoms with E-state index in [1.165, 1.54) is 16.0 Å². The number of amides is 1. The number of thiazole rings is 1. The molecule has 0 saturated heterocycles. The standard InChI is InChI=1S/C14H19N5O2S/c1-7-8(2)18-19(4)14(21)10(7)13-17-9(3)11(22-13)12(20)16-6-5-15/h5-6,15H2,1-4H3,(H,16,20). The summed E-state index contributed by atoms with van der Waals surface area (Å²) in [6.07, 6.45) is 0. The van der Waals surface area contributed by atoms with E-state index in [9.17, 15) is 9.59 Å². The number of hydrogen-bond donors (Lipinski definition) is 2. The van der Waals surface area contributed by atoms with Crippen LogP contribution in [-0.2, 0) is 7.05 Å². The van der Waals surface area contributed by atoms with Crippen molar-refractivity contribution in [1.82, 2.24) is 20.1 Å². The van der Waals surface area contributed by atoms with Crippen molar-refractivity contribution in [3.63, 3.8) is 0 Å². The maximum absolute atomic E-state index is 12.4. The van der Waals surface area contributed by atoms with Gasteiger partial charge in [0, 0.05) is 20.1 Å². The van der Waals surface area contributed by atoms with Crippen molar-refractivity contribution in [3.05, 3.63) is 32.2 Å². The molecule has 0 unspecified atom stereocenters. The van der Waals surface area contributed by atoms with Crippen LogP contribution in [0.1, 0.15) is 26.6 Å². The first-order valence-electron chi connectivity index (χ1n) is 6.87. The Hall–Kier alpha value is -2.06. The molecule has 2 aromatic heterocycles. The summed E-state index contributed by atoms with van der Waals surface area (Å²) in [4.78, 5) is 29.3. The molecule has 2 aromatic rings. The van der Waals surface area contributed by atoms with Crippen LogP contribution in [0.4, 0.5) is 0 Å². The van der Waals surface area contributed by atoms with Gasteiger partial charge >= 0.3 is 0 Å². The van der Waals surface area contributed by atoms with Crippen molar-refractivity contribution in [3.8, 4) is 10.6 Å². The predicted molar refractivity (Wildman–Crippen MR) is 86.2 cm³/mol. The van der Waals surface area contributed by atoms with Crippen LogP contribution in [0.15, 0.2) is 4.79 Å². The molecule has 1 amide bonds. The maximum Gasteiger partial charge on any atom is 0.277 e. The molecule has 0 bridgehead atoms. The lowest BCUT2D eigenvalue weighted by Gasteiger charge is -2.07. The second-order valence-corrected chi connectivity index (χ2v) is 5.99. The average molecular weight is 321 g/mol. The van der Waals surface area contributed by atoms with E-state index in [1.54, 1.807) is 14.0 Å². The molecule has 7 nitrogen and oxygen atoms in total. The van der Waals surface area contributed by atoms with Crippen molar-refractivity contribution in [2.45, 2.75) is 20.8 Å². The first kappa shape index (κ1) is 16.3. The summed E-state index contributed by atoms with van der Waals surface area (Å²) in [5.41, 5.74) is 7.82. The Morgan fingerprint density at radius 3 is 2.64 bits per heavy atom. The lowest BCUT2D eigenvalue weighted by molar-refractivity contribution is 0.0958. The number of carbonyl (C=O) groups is 1. The van der Waals surface area contributed by atoms with E-state index < -0.39 is 0 Å². The third kappa shape index (κ3) is 2.93. The van der Waals surface area contributed by atoms with Crippen molar-refractivity contribution in [2.24, 2.45) is 12.8 Å². The minimum atomic E-state index is -0.217. The van der Waals surface area contributed by atoms with Crippen LogP contribution in [0.5, 0.6) is 0 Å². The van der Waals surface area contributed by atoms with Gasteiger partial charge in [0.25, 0.3) is 11.5 Å². The topological polar surface area (TPSA) is 103 Å². The third-order valence-electron chi connectivity index (χ3n) is 3.37. The second-order valence-electron chi connectivity index (χ2n) is 4.99. The highest BCUT2D eigenvalue weighted by molar-refractivity contribution is 7.17. The predicted octanol–water partition coefficient (Wildman–Crippen LogP) is 0.518. The number of aryl methyl sites for hydroxylation is 3. The van der Waals surface area contributed by atoms with E-state index in [2.05, 4.69) is 15.4 Å². The van der Waals surface area contributed by atoms with Gasteiger partial charge in [-0.3, -0.25) is 9.59 Å². The van der Waals surface area contributed by atoms with E-state index >= 15 is 0 Å². The van der Waals surface area contributed by atoms with Gasteiger partial charge in [-0.15, -0.1) is 11.3 Å². The third-order valence-corrected chi connectivity index (χ3v) is 4.55. The van der Waals surface area contributed by atoms with Crippen LogP contribution >= 0.6 is 11.3 Å². The zero-order chi connectivity index (χ0) is 16.4. The van der Waals surface area contributed by atoms with E-state index in [4.69, 9.17) is 5.73 Å². The Bertz CT molecular complexity index is 778. The Morgan fingerprint density at radius 2 is 2.00 bits per heavy atom. The second kappa shape index (κ2) is 6.37. The van der Waals surface area contributed by atoms with E-state index in [0.717, 1.165) is 11.3 Å². The fourth-order valence-corrected chi connectivity index (χ4v) is 3.16. The van der Waals surface area contributed by atoms with Crippen molar-refractivity contribution in [2.75, 3.05) is 13.1 Å². The molecule has 0 saturated carbocycles. The molecule has 0 aliphatic heterocycles. The Kier molecular flexibility index (Phi) is 4.72.